The van der Waals surface area contributed by atoms with Gasteiger partial charge in [0.05, 0.1) is 12.0 Å². The summed E-state index contributed by atoms with van der Waals surface area (Å²) in [5.74, 6) is -0.260. The molecule has 4 rings (SSSR count). The Bertz CT molecular complexity index is 523. The topological polar surface area (TPSA) is 58.4 Å². The lowest BCUT2D eigenvalue weighted by Gasteiger charge is -2.38. The number of carboxylic acid groups (broad SMARTS) is 1. The number of nitrogens with zero attached hydrogens (tertiary/aromatic N) is 3. The lowest BCUT2D eigenvalue weighted by Crippen LogP contribution is -2.43. The van der Waals surface area contributed by atoms with Crippen molar-refractivity contribution in [3.8, 4) is 0 Å². The third-order valence-corrected chi connectivity index (χ3v) is 5.48. The number of hydrogen-bond acceptors (Lipinski definition) is 3. The summed E-state index contributed by atoms with van der Waals surface area (Å²) in [6.07, 6.45) is 11.5. The third kappa shape index (κ3) is 2.59. The summed E-state index contributed by atoms with van der Waals surface area (Å²) in [6, 6.07) is 1.84. The second-order valence-corrected chi connectivity index (χ2v) is 7.02. The molecule has 1 aromatic rings. The average molecular weight is 289 g/mol. The molecule has 1 saturated carbocycles. The van der Waals surface area contributed by atoms with Crippen LogP contribution in [-0.4, -0.2) is 37.6 Å². The molecule has 0 aromatic carbocycles. The zero-order valence-electron chi connectivity index (χ0n) is 12.3. The van der Waals surface area contributed by atoms with E-state index in [-0.39, 0.29) is 0 Å². The first kappa shape index (κ1) is 13.3. The van der Waals surface area contributed by atoms with Crippen LogP contribution >= 0.6 is 0 Å². The largest absolute Gasteiger partial charge is 0.481 e. The first-order valence-corrected chi connectivity index (χ1v) is 8.19. The minimum Gasteiger partial charge on any atom is -0.481 e. The molecule has 2 bridgehead atoms. The Balaban J connectivity index is 1.45. The molecule has 0 amide bonds. The summed E-state index contributed by atoms with van der Waals surface area (Å²) in [4.78, 5) is 17.9. The van der Waals surface area contributed by atoms with Crippen molar-refractivity contribution in [1.29, 1.82) is 0 Å². The SMILES string of the molecule is O=C(O)CC1CC2CCC(C1)N2Cc1cncn1C1CC1. The quantitative estimate of drug-likeness (QED) is 0.904. The second-order valence-electron chi connectivity index (χ2n) is 7.02. The predicted octanol–water partition coefficient (Wildman–Crippen LogP) is 2.44. The number of aromatic nitrogens is 2. The highest BCUT2D eigenvalue weighted by molar-refractivity contribution is 5.67. The van der Waals surface area contributed by atoms with Gasteiger partial charge in [-0.3, -0.25) is 9.69 Å². The van der Waals surface area contributed by atoms with Crippen LogP contribution in [0.15, 0.2) is 12.5 Å². The lowest BCUT2D eigenvalue weighted by atomic mass is 9.88. The minimum atomic E-state index is -0.639. The van der Waals surface area contributed by atoms with E-state index in [0.29, 0.717) is 30.5 Å². The van der Waals surface area contributed by atoms with Gasteiger partial charge >= 0.3 is 5.97 Å². The summed E-state index contributed by atoms with van der Waals surface area (Å²) in [6.45, 7) is 0.992. The summed E-state index contributed by atoms with van der Waals surface area (Å²) in [7, 11) is 0. The van der Waals surface area contributed by atoms with Gasteiger partial charge in [0.15, 0.2) is 0 Å². The second kappa shape index (κ2) is 5.13. The molecular formula is C16H23N3O2. The van der Waals surface area contributed by atoms with Gasteiger partial charge in [0.25, 0.3) is 0 Å². The standard InChI is InChI=1S/C16H23N3O2/c20-16(21)7-11-5-13-3-4-14(6-11)18(13)9-15-8-17-10-19(15)12-1-2-12/h8,10-14H,1-7,9H2,(H,20,21). The molecule has 114 valence electrons. The monoisotopic (exact) mass is 289 g/mol. The summed E-state index contributed by atoms with van der Waals surface area (Å²) >= 11 is 0. The Morgan fingerprint density at radius 3 is 2.48 bits per heavy atom. The molecule has 3 fully saturated rings. The van der Waals surface area contributed by atoms with E-state index in [0.717, 1.165) is 19.4 Å². The third-order valence-electron chi connectivity index (χ3n) is 5.48. The number of rotatable bonds is 5. The number of fused-ring (bicyclic) bond motifs is 2. The van der Waals surface area contributed by atoms with Crippen molar-refractivity contribution in [3.63, 3.8) is 0 Å². The molecule has 2 unspecified atom stereocenters. The fraction of sp³-hybridized carbons (Fsp3) is 0.750. The van der Waals surface area contributed by atoms with E-state index < -0.39 is 5.97 Å². The predicted molar refractivity (Wildman–Crippen MR) is 77.8 cm³/mol. The fourth-order valence-corrected chi connectivity index (χ4v) is 4.38. The van der Waals surface area contributed by atoms with Crippen LogP contribution in [0.1, 0.15) is 56.7 Å². The van der Waals surface area contributed by atoms with E-state index >= 15 is 0 Å². The maximum Gasteiger partial charge on any atom is 0.303 e. The van der Waals surface area contributed by atoms with Gasteiger partial charge in [0.2, 0.25) is 0 Å². The zero-order chi connectivity index (χ0) is 14.4. The van der Waals surface area contributed by atoms with Crippen LogP contribution in [0.25, 0.3) is 0 Å². The van der Waals surface area contributed by atoms with Gasteiger partial charge in [0, 0.05) is 37.3 Å². The number of aliphatic carboxylic acids is 1. The average Bonchev–Trinajstić information content (AvgIpc) is 3.13. The molecule has 1 N–H and O–H groups in total. The van der Waals surface area contributed by atoms with Crippen LogP contribution < -0.4 is 0 Å². The van der Waals surface area contributed by atoms with Crippen molar-refractivity contribution in [2.24, 2.45) is 5.92 Å². The van der Waals surface area contributed by atoms with Crippen molar-refractivity contribution in [1.82, 2.24) is 14.5 Å². The molecule has 5 heteroatoms. The van der Waals surface area contributed by atoms with Crippen molar-refractivity contribution in [2.75, 3.05) is 0 Å². The van der Waals surface area contributed by atoms with Crippen LogP contribution in [0.3, 0.4) is 0 Å². The van der Waals surface area contributed by atoms with Gasteiger partial charge in [-0.1, -0.05) is 0 Å². The molecule has 2 atom stereocenters. The number of carboxylic acids is 1. The first-order valence-electron chi connectivity index (χ1n) is 8.19. The van der Waals surface area contributed by atoms with Gasteiger partial charge in [-0.15, -0.1) is 0 Å². The summed E-state index contributed by atoms with van der Waals surface area (Å²) in [5, 5.41) is 9.01. The van der Waals surface area contributed by atoms with Crippen LogP contribution in [-0.2, 0) is 11.3 Å². The van der Waals surface area contributed by atoms with E-state index in [9.17, 15) is 4.79 Å². The Hall–Kier alpha value is -1.36. The molecule has 3 aliphatic rings. The van der Waals surface area contributed by atoms with E-state index in [2.05, 4.69) is 14.5 Å². The molecular weight excluding hydrogens is 266 g/mol. The summed E-state index contributed by atoms with van der Waals surface area (Å²) in [5.41, 5.74) is 1.34. The molecule has 2 saturated heterocycles. The minimum absolute atomic E-state index is 0.348. The Kier molecular flexibility index (Phi) is 3.25. The first-order chi connectivity index (χ1) is 10.2. The maximum atomic E-state index is 10.9. The summed E-state index contributed by atoms with van der Waals surface area (Å²) < 4.78 is 2.35. The van der Waals surface area contributed by atoms with Crippen LogP contribution in [0, 0.1) is 5.92 Å². The van der Waals surface area contributed by atoms with Crippen LogP contribution in [0.2, 0.25) is 0 Å². The molecule has 1 aliphatic carbocycles. The number of imidazole rings is 1. The number of hydrogen-bond donors (Lipinski definition) is 1. The molecule has 1 aromatic heterocycles. The molecule has 3 heterocycles. The van der Waals surface area contributed by atoms with Gasteiger partial charge in [-0.25, -0.2) is 4.98 Å². The van der Waals surface area contributed by atoms with Crippen molar-refractivity contribution < 1.29 is 9.90 Å². The maximum absolute atomic E-state index is 10.9. The van der Waals surface area contributed by atoms with Gasteiger partial charge < -0.3 is 9.67 Å². The van der Waals surface area contributed by atoms with Gasteiger partial charge in [-0.05, 0) is 44.4 Å². The van der Waals surface area contributed by atoms with Gasteiger partial charge in [0.1, 0.15) is 0 Å². The van der Waals surface area contributed by atoms with Crippen molar-refractivity contribution in [2.45, 2.75) is 69.6 Å². The highest BCUT2D eigenvalue weighted by Gasteiger charge is 2.41. The fourth-order valence-electron chi connectivity index (χ4n) is 4.38. The molecule has 5 nitrogen and oxygen atoms in total. The van der Waals surface area contributed by atoms with E-state index in [1.54, 1.807) is 0 Å². The molecule has 0 radical (unpaired) electrons. The Morgan fingerprint density at radius 1 is 1.19 bits per heavy atom. The Morgan fingerprint density at radius 2 is 1.86 bits per heavy atom. The number of piperidine rings is 1. The van der Waals surface area contributed by atoms with E-state index in [1.165, 1.54) is 31.4 Å². The lowest BCUT2D eigenvalue weighted by molar-refractivity contribution is -0.138. The highest BCUT2D eigenvalue weighted by Crippen LogP contribution is 2.41. The molecule has 21 heavy (non-hydrogen) atoms. The van der Waals surface area contributed by atoms with Crippen LogP contribution in [0.5, 0.6) is 0 Å². The van der Waals surface area contributed by atoms with E-state index in [4.69, 9.17) is 5.11 Å². The Labute approximate surface area is 125 Å². The van der Waals surface area contributed by atoms with Crippen LogP contribution in [0.4, 0.5) is 0 Å². The van der Waals surface area contributed by atoms with Crippen molar-refractivity contribution in [3.05, 3.63) is 18.2 Å². The van der Waals surface area contributed by atoms with Gasteiger partial charge in [-0.2, -0.15) is 0 Å². The zero-order valence-corrected chi connectivity index (χ0v) is 12.3. The number of carbonyl (C=O) groups is 1. The smallest absolute Gasteiger partial charge is 0.303 e. The molecule has 0 spiro atoms. The van der Waals surface area contributed by atoms with Crippen molar-refractivity contribution >= 4 is 5.97 Å². The molecule has 2 aliphatic heterocycles. The normalized spacial score (nSPS) is 32.5. The van der Waals surface area contributed by atoms with E-state index in [1.807, 2.05) is 12.5 Å². The highest BCUT2D eigenvalue weighted by atomic mass is 16.4.